The normalized spacial score (nSPS) is 11.2. The number of aromatic nitrogens is 2. The van der Waals surface area contributed by atoms with Gasteiger partial charge in [-0.05, 0) is 67.1 Å². The largest absolute Gasteiger partial charge is 0.508 e. The summed E-state index contributed by atoms with van der Waals surface area (Å²) in [5.41, 5.74) is 3.15. The Bertz CT molecular complexity index is 970. The van der Waals surface area contributed by atoms with Crippen molar-refractivity contribution in [1.82, 2.24) is 15.3 Å². The van der Waals surface area contributed by atoms with Gasteiger partial charge in [0.05, 0.1) is 6.54 Å². The molecule has 0 saturated carbocycles. The molecule has 126 valence electrons. The Morgan fingerprint density at radius 1 is 1.08 bits per heavy atom. The molecule has 0 spiro atoms. The molecule has 25 heavy (non-hydrogen) atoms. The van der Waals surface area contributed by atoms with Gasteiger partial charge in [-0.25, -0.2) is 4.98 Å². The maximum atomic E-state index is 9.35. The van der Waals surface area contributed by atoms with Crippen LogP contribution in [0.15, 0.2) is 65.3 Å². The van der Waals surface area contributed by atoms with Crippen molar-refractivity contribution in [2.75, 3.05) is 6.54 Å². The van der Waals surface area contributed by atoms with E-state index in [1.54, 1.807) is 18.3 Å². The van der Waals surface area contributed by atoms with Gasteiger partial charge in [-0.15, -0.1) is 0 Å². The van der Waals surface area contributed by atoms with E-state index in [1.165, 1.54) is 10.9 Å². The summed E-state index contributed by atoms with van der Waals surface area (Å²) in [4.78, 5) is 7.51. The van der Waals surface area contributed by atoms with Gasteiger partial charge in [0.25, 0.3) is 0 Å². The molecule has 5 heteroatoms. The van der Waals surface area contributed by atoms with Crippen molar-refractivity contribution < 1.29 is 9.52 Å². The van der Waals surface area contributed by atoms with Gasteiger partial charge < -0.3 is 19.8 Å². The summed E-state index contributed by atoms with van der Waals surface area (Å²) >= 11 is 0. The molecule has 0 aliphatic heterocycles. The van der Waals surface area contributed by atoms with E-state index in [1.807, 2.05) is 36.5 Å². The number of benzene rings is 1. The van der Waals surface area contributed by atoms with Crippen molar-refractivity contribution in [2.24, 2.45) is 0 Å². The second-order valence-corrected chi connectivity index (χ2v) is 5.95. The summed E-state index contributed by atoms with van der Waals surface area (Å²) in [6.07, 6.45) is 4.75. The van der Waals surface area contributed by atoms with Gasteiger partial charge in [0.15, 0.2) is 0 Å². The molecule has 4 rings (SSSR count). The number of aromatic amines is 1. The molecule has 0 bridgehead atoms. The van der Waals surface area contributed by atoms with Crippen molar-refractivity contribution >= 4 is 11.0 Å². The van der Waals surface area contributed by atoms with E-state index >= 15 is 0 Å². The number of phenols is 1. The minimum Gasteiger partial charge on any atom is -0.508 e. The van der Waals surface area contributed by atoms with Crippen molar-refractivity contribution in [3.63, 3.8) is 0 Å². The molecule has 3 aromatic heterocycles. The first-order valence-corrected chi connectivity index (χ1v) is 8.29. The van der Waals surface area contributed by atoms with Gasteiger partial charge in [0.2, 0.25) is 0 Å². The van der Waals surface area contributed by atoms with E-state index in [0.29, 0.717) is 6.54 Å². The van der Waals surface area contributed by atoms with Crippen LogP contribution in [0.1, 0.15) is 11.3 Å². The Labute approximate surface area is 145 Å². The van der Waals surface area contributed by atoms with E-state index in [4.69, 9.17) is 4.42 Å². The average molecular weight is 333 g/mol. The molecule has 5 nitrogen and oxygen atoms in total. The summed E-state index contributed by atoms with van der Waals surface area (Å²) < 4.78 is 5.86. The average Bonchev–Trinajstić information content (AvgIpc) is 3.27. The van der Waals surface area contributed by atoms with Gasteiger partial charge in [0, 0.05) is 23.3 Å². The molecule has 0 aliphatic rings. The van der Waals surface area contributed by atoms with E-state index in [9.17, 15) is 5.11 Å². The molecular weight excluding hydrogens is 314 g/mol. The SMILES string of the molecule is Oc1ccc(-c2ccc(CNCCc3c[nH]c4ncccc34)o2)cc1. The first-order chi connectivity index (χ1) is 12.3. The standard InChI is InChI=1S/C20H19N3O2/c24-16-5-3-14(4-6-16)19-8-7-17(25-19)13-21-11-9-15-12-23-20-18(15)2-1-10-22-20/h1-8,10,12,21,24H,9,11,13H2,(H,22,23). The van der Waals surface area contributed by atoms with Crippen LogP contribution in [0.4, 0.5) is 0 Å². The van der Waals surface area contributed by atoms with Crippen molar-refractivity contribution in [3.05, 3.63) is 72.2 Å². The third kappa shape index (κ3) is 3.41. The Morgan fingerprint density at radius 2 is 1.96 bits per heavy atom. The lowest BCUT2D eigenvalue weighted by molar-refractivity contribution is 0.475. The van der Waals surface area contributed by atoms with Crippen LogP contribution in [0.2, 0.25) is 0 Å². The Balaban J connectivity index is 1.32. The molecule has 4 aromatic rings. The quantitative estimate of drug-likeness (QED) is 0.468. The smallest absolute Gasteiger partial charge is 0.137 e. The van der Waals surface area contributed by atoms with Gasteiger partial charge in [-0.1, -0.05) is 0 Å². The summed E-state index contributed by atoms with van der Waals surface area (Å²) in [5, 5.41) is 13.9. The molecule has 0 aliphatic carbocycles. The summed E-state index contributed by atoms with van der Waals surface area (Å²) in [7, 11) is 0. The number of nitrogens with one attached hydrogen (secondary N) is 2. The minimum atomic E-state index is 0.254. The zero-order chi connectivity index (χ0) is 17.1. The van der Waals surface area contributed by atoms with E-state index in [-0.39, 0.29) is 5.75 Å². The number of aromatic hydroxyl groups is 1. The fourth-order valence-corrected chi connectivity index (χ4v) is 2.91. The van der Waals surface area contributed by atoms with Crippen molar-refractivity contribution in [3.8, 4) is 17.1 Å². The number of pyridine rings is 1. The van der Waals surface area contributed by atoms with Crippen molar-refractivity contribution in [1.29, 1.82) is 0 Å². The highest BCUT2D eigenvalue weighted by Gasteiger charge is 2.06. The van der Waals surface area contributed by atoms with E-state index in [2.05, 4.69) is 21.4 Å². The maximum absolute atomic E-state index is 9.35. The molecular formula is C20H19N3O2. The number of rotatable bonds is 6. The third-order valence-electron chi connectivity index (χ3n) is 4.22. The second-order valence-electron chi connectivity index (χ2n) is 5.95. The number of fused-ring (bicyclic) bond motifs is 1. The Morgan fingerprint density at radius 3 is 2.84 bits per heavy atom. The number of nitrogens with zero attached hydrogens (tertiary/aromatic N) is 1. The predicted molar refractivity (Wildman–Crippen MR) is 97.3 cm³/mol. The monoisotopic (exact) mass is 333 g/mol. The number of furan rings is 1. The minimum absolute atomic E-state index is 0.254. The Kier molecular flexibility index (Phi) is 4.23. The van der Waals surface area contributed by atoms with E-state index < -0.39 is 0 Å². The fourth-order valence-electron chi connectivity index (χ4n) is 2.91. The van der Waals surface area contributed by atoms with Crippen LogP contribution in [0.25, 0.3) is 22.4 Å². The van der Waals surface area contributed by atoms with Gasteiger partial charge in [-0.3, -0.25) is 0 Å². The lowest BCUT2D eigenvalue weighted by Crippen LogP contribution is -2.16. The molecule has 3 heterocycles. The molecule has 0 saturated heterocycles. The second kappa shape index (κ2) is 6.83. The van der Waals surface area contributed by atoms with Crippen LogP contribution >= 0.6 is 0 Å². The zero-order valence-corrected chi connectivity index (χ0v) is 13.7. The lowest BCUT2D eigenvalue weighted by Gasteiger charge is -2.02. The van der Waals surface area contributed by atoms with Crippen LogP contribution < -0.4 is 5.32 Å². The van der Waals surface area contributed by atoms with Crippen LogP contribution in [-0.4, -0.2) is 21.6 Å². The fraction of sp³-hybridized carbons (Fsp3) is 0.150. The summed E-state index contributed by atoms with van der Waals surface area (Å²) in [6.45, 7) is 1.54. The topological polar surface area (TPSA) is 74.1 Å². The first kappa shape index (κ1) is 15.5. The van der Waals surface area contributed by atoms with E-state index in [0.717, 1.165) is 35.7 Å². The molecule has 0 unspecified atom stereocenters. The van der Waals surface area contributed by atoms with Gasteiger partial charge in [0.1, 0.15) is 22.9 Å². The molecule has 1 aromatic carbocycles. The summed E-state index contributed by atoms with van der Waals surface area (Å²) in [6, 6.07) is 15.0. The van der Waals surface area contributed by atoms with Crippen LogP contribution in [0.3, 0.4) is 0 Å². The lowest BCUT2D eigenvalue weighted by atomic mass is 10.1. The molecule has 3 N–H and O–H groups in total. The number of H-pyrrole nitrogens is 1. The molecule has 0 fully saturated rings. The first-order valence-electron chi connectivity index (χ1n) is 8.29. The van der Waals surface area contributed by atoms with Crippen molar-refractivity contribution in [2.45, 2.75) is 13.0 Å². The van der Waals surface area contributed by atoms with Crippen LogP contribution in [-0.2, 0) is 13.0 Å². The molecule has 0 radical (unpaired) electrons. The van der Waals surface area contributed by atoms with Gasteiger partial charge in [-0.2, -0.15) is 0 Å². The molecule has 0 amide bonds. The molecule has 0 atom stereocenters. The highest BCUT2D eigenvalue weighted by molar-refractivity contribution is 5.79. The number of phenolic OH excluding ortho intramolecular Hbond substituents is 1. The maximum Gasteiger partial charge on any atom is 0.137 e. The third-order valence-corrected chi connectivity index (χ3v) is 4.22. The zero-order valence-electron chi connectivity index (χ0n) is 13.7. The van der Waals surface area contributed by atoms with Crippen LogP contribution in [0.5, 0.6) is 5.75 Å². The number of hydrogen-bond acceptors (Lipinski definition) is 4. The highest BCUT2D eigenvalue weighted by Crippen LogP contribution is 2.24. The van der Waals surface area contributed by atoms with Gasteiger partial charge >= 0.3 is 0 Å². The predicted octanol–water partition coefficient (Wildman–Crippen LogP) is 3.86. The summed E-state index contributed by atoms with van der Waals surface area (Å²) in [5.74, 6) is 1.95. The Hall–Kier alpha value is -3.05. The van der Waals surface area contributed by atoms with Crippen LogP contribution in [0, 0.1) is 0 Å². The number of hydrogen-bond donors (Lipinski definition) is 3. The highest BCUT2D eigenvalue weighted by atomic mass is 16.3.